The van der Waals surface area contributed by atoms with Crippen LogP contribution in [0, 0.1) is 0 Å². The first-order valence-corrected chi connectivity index (χ1v) is 8.63. The van der Waals surface area contributed by atoms with Gasteiger partial charge in [-0.2, -0.15) is 5.10 Å². The van der Waals surface area contributed by atoms with E-state index in [0.717, 1.165) is 0 Å². The number of aromatic nitrogens is 2. The van der Waals surface area contributed by atoms with Gasteiger partial charge in [-0.15, -0.1) is 0 Å². The van der Waals surface area contributed by atoms with Crippen molar-refractivity contribution in [2.45, 2.75) is 30.9 Å². The number of fused-ring (bicyclic) bond motifs is 1. The predicted molar refractivity (Wildman–Crippen MR) is 81.5 cm³/mol. The topological polar surface area (TPSA) is 102 Å². The highest BCUT2D eigenvalue weighted by Gasteiger charge is 2.51. The van der Waals surface area contributed by atoms with E-state index in [2.05, 4.69) is 5.10 Å². The zero-order chi connectivity index (χ0) is 16.8. The smallest absolute Gasteiger partial charge is 0.359 e. The Morgan fingerprint density at radius 1 is 1.48 bits per heavy atom. The third-order valence-corrected chi connectivity index (χ3v) is 5.67. The molecule has 126 valence electrons. The summed E-state index contributed by atoms with van der Waals surface area (Å²) in [4.78, 5) is 26.2. The molecule has 2 aliphatic rings. The highest BCUT2D eigenvalue weighted by Crippen LogP contribution is 2.42. The summed E-state index contributed by atoms with van der Waals surface area (Å²) in [5.41, 5.74) is 1.14. The second-order valence-corrected chi connectivity index (χ2v) is 7.29. The summed E-state index contributed by atoms with van der Waals surface area (Å²) in [5.74, 6) is -0.783. The van der Waals surface area contributed by atoms with E-state index in [1.807, 2.05) is 0 Å². The summed E-state index contributed by atoms with van der Waals surface area (Å²) in [7, 11) is 1.61. The molecule has 1 atom stereocenters. The molecule has 9 heteroatoms. The van der Waals surface area contributed by atoms with E-state index in [-0.39, 0.29) is 24.8 Å². The van der Waals surface area contributed by atoms with E-state index < -0.39 is 21.8 Å². The molecule has 1 saturated carbocycles. The summed E-state index contributed by atoms with van der Waals surface area (Å²) < 4.78 is 26.5. The molecule has 0 bridgehead atoms. The minimum Gasteiger partial charge on any atom is -0.461 e. The molecule has 1 aliphatic carbocycles. The molecule has 3 rings (SSSR count). The van der Waals surface area contributed by atoms with Crippen LogP contribution >= 0.6 is 0 Å². The first-order chi connectivity index (χ1) is 10.9. The van der Waals surface area contributed by atoms with E-state index in [1.165, 1.54) is 4.68 Å². The van der Waals surface area contributed by atoms with E-state index in [1.54, 1.807) is 18.9 Å². The molecule has 0 saturated heterocycles. The Bertz CT molecular complexity index is 695. The Labute approximate surface area is 136 Å². The van der Waals surface area contributed by atoms with Crippen molar-refractivity contribution >= 4 is 23.0 Å². The van der Waals surface area contributed by atoms with Gasteiger partial charge in [-0.25, -0.2) is 9.00 Å². The number of ether oxygens (including phenoxy) is 1. The van der Waals surface area contributed by atoms with Crippen molar-refractivity contribution in [2.24, 2.45) is 7.05 Å². The van der Waals surface area contributed by atoms with Crippen molar-refractivity contribution in [3.63, 3.8) is 0 Å². The fraction of sp³-hybridized carbons (Fsp3) is 0.643. The van der Waals surface area contributed by atoms with Crippen molar-refractivity contribution < 1.29 is 23.1 Å². The maximum atomic E-state index is 12.7. The molecule has 0 radical (unpaired) electrons. The number of carbonyl (C=O) groups excluding carboxylic acids is 2. The van der Waals surface area contributed by atoms with Crippen molar-refractivity contribution in [1.29, 1.82) is 0 Å². The lowest BCUT2D eigenvalue weighted by Gasteiger charge is -2.29. The minimum absolute atomic E-state index is 0.184. The number of hydrogen-bond donors (Lipinski definition) is 1. The van der Waals surface area contributed by atoms with Crippen LogP contribution in [-0.2, 0) is 29.3 Å². The summed E-state index contributed by atoms with van der Waals surface area (Å²) in [6.07, 6.45) is 1.77. The van der Waals surface area contributed by atoms with Gasteiger partial charge >= 0.3 is 5.97 Å². The van der Waals surface area contributed by atoms with Gasteiger partial charge in [-0.05, 0) is 26.2 Å². The van der Waals surface area contributed by atoms with Gasteiger partial charge in [0.15, 0.2) is 16.8 Å². The largest absolute Gasteiger partial charge is 0.461 e. The summed E-state index contributed by atoms with van der Waals surface area (Å²) in [6.45, 7) is 2.62. The standard InChI is InChI=1S/C14H19N3O5S/c1-3-22-13(19)10-9-4-7-17(8-14(5-6-14)23(20)21)12(18)11(9)16(2)15-10/h3-8H2,1-2H3,(H,20,21). The van der Waals surface area contributed by atoms with Gasteiger partial charge in [0, 0.05) is 25.7 Å². The normalized spacial score (nSPS) is 20.1. The van der Waals surface area contributed by atoms with Crippen LogP contribution in [0.5, 0.6) is 0 Å². The monoisotopic (exact) mass is 341 g/mol. The van der Waals surface area contributed by atoms with Crippen LogP contribution in [0.4, 0.5) is 0 Å². The second kappa shape index (κ2) is 5.72. The van der Waals surface area contributed by atoms with Gasteiger partial charge in [0.1, 0.15) is 5.69 Å². The Hall–Kier alpha value is -1.74. The lowest BCUT2D eigenvalue weighted by molar-refractivity contribution is 0.0517. The molecule has 2 heterocycles. The molecule has 1 amide bonds. The van der Waals surface area contributed by atoms with Crippen LogP contribution in [0.15, 0.2) is 0 Å². The number of rotatable bonds is 5. The molecule has 1 aromatic rings. The first kappa shape index (κ1) is 16.1. The number of hydrogen-bond acceptors (Lipinski definition) is 5. The molecular weight excluding hydrogens is 322 g/mol. The molecule has 23 heavy (non-hydrogen) atoms. The van der Waals surface area contributed by atoms with Crippen molar-refractivity contribution in [1.82, 2.24) is 14.7 Å². The van der Waals surface area contributed by atoms with Gasteiger partial charge in [0.2, 0.25) is 0 Å². The van der Waals surface area contributed by atoms with Crippen LogP contribution in [0.3, 0.4) is 0 Å². The van der Waals surface area contributed by atoms with E-state index >= 15 is 0 Å². The van der Waals surface area contributed by atoms with Crippen LogP contribution in [0.1, 0.15) is 46.3 Å². The average Bonchev–Trinajstić information content (AvgIpc) is 3.20. The van der Waals surface area contributed by atoms with Gasteiger partial charge in [0.05, 0.1) is 11.4 Å². The van der Waals surface area contributed by atoms with E-state index in [9.17, 15) is 18.4 Å². The Balaban J connectivity index is 1.86. The SMILES string of the molecule is CCOC(=O)c1nn(C)c2c1CCN(CC1(S(=O)O)CC1)C2=O. The van der Waals surface area contributed by atoms with Crippen molar-refractivity contribution in [3.05, 3.63) is 17.0 Å². The van der Waals surface area contributed by atoms with Crippen LogP contribution in [0.25, 0.3) is 0 Å². The number of carbonyl (C=O) groups is 2. The van der Waals surface area contributed by atoms with Gasteiger partial charge in [-0.3, -0.25) is 9.48 Å². The molecule has 8 nitrogen and oxygen atoms in total. The maximum Gasteiger partial charge on any atom is 0.359 e. The van der Waals surface area contributed by atoms with Crippen LogP contribution in [0.2, 0.25) is 0 Å². The zero-order valence-electron chi connectivity index (χ0n) is 13.1. The second-order valence-electron chi connectivity index (χ2n) is 5.93. The van der Waals surface area contributed by atoms with E-state index in [0.29, 0.717) is 37.1 Å². The molecule has 0 spiro atoms. The first-order valence-electron chi connectivity index (χ1n) is 7.53. The number of nitrogens with zero attached hydrogens (tertiary/aromatic N) is 3. The number of amides is 1. The third kappa shape index (κ3) is 2.67. The fourth-order valence-electron chi connectivity index (χ4n) is 2.96. The zero-order valence-corrected chi connectivity index (χ0v) is 13.9. The van der Waals surface area contributed by atoms with Gasteiger partial charge in [-0.1, -0.05) is 0 Å². The molecule has 1 fully saturated rings. The molecule has 1 aromatic heterocycles. The summed E-state index contributed by atoms with van der Waals surface area (Å²) in [6, 6.07) is 0. The average molecular weight is 341 g/mol. The third-order valence-electron chi connectivity index (χ3n) is 4.39. The molecule has 1 N–H and O–H groups in total. The Morgan fingerprint density at radius 3 is 2.74 bits per heavy atom. The van der Waals surface area contributed by atoms with Crippen LogP contribution < -0.4 is 0 Å². The number of aryl methyl sites for hydroxylation is 1. The maximum absolute atomic E-state index is 12.7. The van der Waals surface area contributed by atoms with Crippen LogP contribution in [-0.4, -0.2) is 59.8 Å². The minimum atomic E-state index is -1.94. The molecule has 1 aliphatic heterocycles. The number of esters is 1. The lowest BCUT2D eigenvalue weighted by Crippen LogP contribution is -2.44. The fourth-order valence-corrected chi connectivity index (χ4v) is 3.68. The van der Waals surface area contributed by atoms with Crippen molar-refractivity contribution in [2.75, 3.05) is 19.7 Å². The van der Waals surface area contributed by atoms with E-state index in [4.69, 9.17) is 4.74 Å². The predicted octanol–water partition coefficient (Wildman–Crippen LogP) is 0.349. The molecule has 0 aromatic carbocycles. The van der Waals surface area contributed by atoms with Crippen molar-refractivity contribution in [3.8, 4) is 0 Å². The molecular formula is C14H19N3O5S. The Morgan fingerprint density at radius 2 is 2.17 bits per heavy atom. The quantitative estimate of drug-likeness (QED) is 0.612. The lowest BCUT2D eigenvalue weighted by atomic mass is 10.0. The summed E-state index contributed by atoms with van der Waals surface area (Å²) >= 11 is -1.94. The van der Waals surface area contributed by atoms with Gasteiger partial charge in [0.25, 0.3) is 5.91 Å². The van der Waals surface area contributed by atoms with Gasteiger partial charge < -0.3 is 14.2 Å². The highest BCUT2D eigenvalue weighted by atomic mass is 32.2. The summed E-state index contributed by atoms with van der Waals surface area (Å²) in [5, 5.41) is 4.13. The highest BCUT2D eigenvalue weighted by molar-refractivity contribution is 7.81. The molecule has 1 unspecified atom stereocenters. The Kier molecular flexibility index (Phi) is 4.01.